The highest BCUT2D eigenvalue weighted by molar-refractivity contribution is 5.94. The Morgan fingerprint density at radius 3 is 2.61 bits per heavy atom. The van der Waals surface area contributed by atoms with Crippen LogP contribution in [-0.2, 0) is 13.0 Å². The number of hydrogen-bond acceptors (Lipinski definition) is 5. The Labute approximate surface area is 178 Å². The van der Waals surface area contributed by atoms with Crippen LogP contribution in [0.2, 0.25) is 0 Å². The number of rotatable bonds is 4. The molecule has 1 aliphatic rings. The number of fused-ring (bicyclic) bond motifs is 1. The zero-order valence-corrected chi connectivity index (χ0v) is 18.0. The Kier molecular flexibility index (Phi) is 5.36. The van der Waals surface area contributed by atoms with E-state index in [2.05, 4.69) is 20.4 Å². The van der Waals surface area contributed by atoms with Gasteiger partial charge in [0.25, 0.3) is 5.91 Å². The molecule has 3 heterocycles. The molecule has 1 amide bonds. The number of carbonyl (C=O) groups is 1. The summed E-state index contributed by atoms with van der Waals surface area (Å²) >= 11 is 0. The second-order valence-electron chi connectivity index (χ2n) is 8.92. The summed E-state index contributed by atoms with van der Waals surface area (Å²) in [6.45, 7) is 8.27. The maximum atomic E-state index is 13.8. The van der Waals surface area contributed by atoms with Gasteiger partial charge in [0.2, 0.25) is 5.89 Å². The van der Waals surface area contributed by atoms with Crippen LogP contribution in [0.1, 0.15) is 67.6 Å². The zero-order valence-electron chi connectivity index (χ0n) is 18.0. The van der Waals surface area contributed by atoms with Crippen molar-refractivity contribution in [1.82, 2.24) is 25.0 Å². The molecule has 1 aromatic carbocycles. The number of hydrogen-bond donors (Lipinski definition) is 1. The van der Waals surface area contributed by atoms with Gasteiger partial charge in [-0.3, -0.25) is 4.79 Å². The fraction of sp³-hybridized carbons (Fsp3) is 0.455. The molecule has 0 radical (unpaired) electrons. The lowest BCUT2D eigenvalue weighted by atomic mass is 9.86. The van der Waals surface area contributed by atoms with Gasteiger partial charge in [-0.25, -0.2) is 13.8 Å². The van der Waals surface area contributed by atoms with E-state index in [1.54, 1.807) is 6.92 Å². The summed E-state index contributed by atoms with van der Waals surface area (Å²) in [7, 11) is 0. The predicted molar refractivity (Wildman–Crippen MR) is 109 cm³/mol. The van der Waals surface area contributed by atoms with Gasteiger partial charge in [0.05, 0.1) is 5.69 Å². The molecule has 7 nitrogen and oxygen atoms in total. The average molecular weight is 429 g/mol. The molecule has 0 fully saturated rings. The average Bonchev–Trinajstić information content (AvgIpc) is 3.31. The highest BCUT2D eigenvalue weighted by atomic mass is 19.2. The third kappa shape index (κ3) is 4.08. The summed E-state index contributed by atoms with van der Waals surface area (Å²) in [6.07, 6.45) is 2.53. The van der Waals surface area contributed by atoms with Crippen LogP contribution in [0.4, 0.5) is 8.78 Å². The molecule has 1 atom stereocenters. The molecule has 3 aromatic rings. The first-order chi connectivity index (χ1) is 14.6. The summed E-state index contributed by atoms with van der Waals surface area (Å²) in [5, 5.41) is 6.83. The Balaban J connectivity index is 1.72. The van der Waals surface area contributed by atoms with Crippen molar-refractivity contribution in [1.29, 1.82) is 0 Å². The van der Waals surface area contributed by atoms with E-state index in [0.29, 0.717) is 36.1 Å². The largest absolute Gasteiger partial charge is 0.338 e. The van der Waals surface area contributed by atoms with E-state index in [1.807, 2.05) is 25.3 Å². The fourth-order valence-corrected chi connectivity index (χ4v) is 3.86. The number of halogens is 2. The lowest BCUT2D eigenvalue weighted by Gasteiger charge is -2.28. The molecule has 0 saturated carbocycles. The zero-order chi connectivity index (χ0) is 22.3. The Hall–Kier alpha value is -3.10. The van der Waals surface area contributed by atoms with E-state index in [0.717, 1.165) is 30.7 Å². The molecule has 0 aliphatic carbocycles. The lowest BCUT2D eigenvalue weighted by Crippen LogP contribution is -2.37. The number of nitrogens with one attached hydrogen (secondary N) is 1. The number of imidazole rings is 1. The van der Waals surface area contributed by atoms with Gasteiger partial charge < -0.3 is 14.4 Å². The summed E-state index contributed by atoms with van der Waals surface area (Å²) in [5.41, 5.74) is 1.11. The van der Waals surface area contributed by atoms with Gasteiger partial charge in [0, 0.05) is 12.1 Å². The summed E-state index contributed by atoms with van der Waals surface area (Å²) in [5.74, 6) is -0.966. The fourth-order valence-electron chi connectivity index (χ4n) is 3.86. The van der Waals surface area contributed by atoms with Gasteiger partial charge in [-0.1, -0.05) is 25.9 Å². The van der Waals surface area contributed by atoms with E-state index >= 15 is 0 Å². The van der Waals surface area contributed by atoms with Gasteiger partial charge in [0.1, 0.15) is 17.6 Å². The molecular weight excluding hydrogens is 404 g/mol. The molecule has 164 valence electrons. The molecule has 0 spiro atoms. The van der Waals surface area contributed by atoms with E-state index < -0.39 is 23.1 Å². The van der Waals surface area contributed by atoms with Crippen molar-refractivity contribution in [2.75, 3.05) is 0 Å². The molecule has 0 bridgehead atoms. The van der Waals surface area contributed by atoms with Gasteiger partial charge >= 0.3 is 0 Å². The van der Waals surface area contributed by atoms with Crippen LogP contribution in [0.3, 0.4) is 0 Å². The maximum absolute atomic E-state index is 13.8. The van der Waals surface area contributed by atoms with Crippen LogP contribution in [0, 0.1) is 24.0 Å². The summed E-state index contributed by atoms with van der Waals surface area (Å²) < 4.78 is 34.5. The third-order valence-corrected chi connectivity index (χ3v) is 5.44. The molecule has 0 unspecified atom stereocenters. The van der Waals surface area contributed by atoms with Crippen LogP contribution >= 0.6 is 0 Å². The minimum absolute atomic E-state index is 0.282. The molecular formula is C22H25F2N5O2. The van der Waals surface area contributed by atoms with Crippen molar-refractivity contribution in [2.24, 2.45) is 5.41 Å². The number of carbonyl (C=O) groups excluding carboxylic acids is 1. The smallest absolute Gasteiger partial charge is 0.272 e. The van der Waals surface area contributed by atoms with Crippen LogP contribution in [-0.4, -0.2) is 25.6 Å². The Bertz CT molecular complexity index is 1130. The standard InChI is InChI=1S/C22H25F2N5O2/c1-12-25-21(31-28-12)18(22(2,3)4)27-20(30)17-16-7-5-6-10-29(16)19(26-17)13-8-9-14(23)15(24)11-13/h8-9,11,18H,5-7,10H2,1-4H3,(H,27,30)/t18-/m1/s1. The SMILES string of the molecule is Cc1noc([C@@H](NC(=O)c2nc(-c3ccc(F)c(F)c3)n3c2CCCC3)C(C)(C)C)n1. The second-order valence-corrected chi connectivity index (χ2v) is 8.92. The number of aryl methyl sites for hydroxylation is 1. The quantitative estimate of drug-likeness (QED) is 0.666. The third-order valence-electron chi connectivity index (χ3n) is 5.44. The van der Waals surface area contributed by atoms with Crippen LogP contribution in [0.15, 0.2) is 22.7 Å². The summed E-state index contributed by atoms with van der Waals surface area (Å²) in [4.78, 5) is 22.2. The first kappa shape index (κ1) is 21.1. The van der Waals surface area contributed by atoms with Crippen molar-refractivity contribution in [2.45, 2.75) is 59.5 Å². The monoisotopic (exact) mass is 429 g/mol. The van der Waals surface area contributed by atoms with Crippen molar-refractivity contribution in [3.8, 4) is 11.4 Å². The van der Waals surface area contributed by atoms with Crippen LogP contribution in [0.25, 0.3) is 11.4 Å². The van der Waals surface area contributed by atoms with Gasteiger partial charge in [-0.2, -0.15) is 4.98 Å². The molecule has 1 N–H and O–H groups in total. The molecule has 31 heavy (non-hydrogen) atoms. The van der Waals surface area contributed by atoms with Crippen molar-refractivity contribution in [3.63, 3.8) is 0 Å². The van der Waals surface area contributed by atoms with E-state index in [-0.39, 0.29) is 11.6 Å². The molecule has 2 aromatic heterocycles. The highest BCUT2D eigenvalue weighted by Gasteiger charge is 2.35. The molecule has 0 saturated heterocycles. The Morgan fingerprint density at radius 1 is 1.19 bits per heavy atom. The first-order valence-corrected chi connectivity index (χ1v) is 10.3. The van der Waals surface area contributed by atoms with Crippen LogP contribution < -0.4 is 5.32 Å². The van der Waals surface area contributed by atoms with Crippen molar-refractivity contribution >= 4 is 5.91 Å². The minimum Gasteiger partial charge on any atom is -0.338 e. The maximum Gasteiger partial charge on any atom is 0.272 e. The van der Waals surface area contributed by atoms with Gasteiger partial charge in [-0.05, 0) is 49.8 Å². The molecule has 4 rings (SSSR count). The second kappa shape index (κ2) is 7.86. The highest BCUT2D eigenvalue weighted by Crippen LogP contribution is 2.33. The number of aromatic nitrogens is 4. The van der Waals surface area contributed by atoms with Crippen LogP contribution in [0.5, 0.6) is 0 Å². The van der Waals surface area contributed by atoms with Crippen molar-refractivity contribution in [3.05, 3.63) is 52.9 Å². The van der Waals surface area contributed by atoms with E-state index in [9.17, 15) is 13.6 Å². The van der Waals surface area contributed by atoms with E-state index in [1.165, 1.54) is 6.07 Å². The number of nitrogens with zero attached hydrogens (tertiary/aromatic N) is 4. The minimum atomic E-state index is -0.948. The summed E-state index contributed by atoms with van der Waals surface area (Å²) in [6, 6.07) is 3.14. The van der Waals surface area contributed by atoms with Crippen molar-refractivity contribution < 1.29 is 18.1 Å². The topological polar surface area (TPSA) is 85.8 Å². The van der Waals surface area contributed by atoms with E-state index in [4.69, 9.17) is 4.52 Å². The number of amides is 1. The van der Waals surface area contributed by atoms with Gasteiger partial charge in [0.15, 0.2) is 17.5 Å². The van der Waals surface area contributed by atoms with Gasteiger partial charge in [-0.15, -0.1) is 0 Å². The number of benzene rings is 1. The normalized spacial score (nSPS) is 14.9. The Morgan fingerprint density at radius 2 is 1.97 bits per heavy atom. The molecule has 1 aliphatic heterocycles. The first-order valence-electron chi connectivity index (χ1n) is 10.3. The molecule has 9 heteroatoms. The predicted octanol–water partition coefficient (Wildman–Crippen LogP) is 4.37. The lowest BCUT2D eigenvalue weighted by molar-refractivity contribution is 0.0874.